The smallest absolute Gasteiger partial charge is 0.310 e. The molecule has 1 unspecified atom stereocenters. The summed E-state index contributed by atoms with van der Waals surface area (Å²) in [6, 6.07) is 0.442. The van der Waals surface area contributed by atoms with Crippen LogP contribution in [-0.2, 0) is 4.79 Å². The first-order chi connectivity index (χ1) is 6.60. The molecule has 2 N–H and O–H groups in total. The number of nitrogens with one attached hydrogen (secondary N) is 1. The van der Waals surface area contributed by atoms with Gasteiger partial charge in [0.1, 0.15) is 0 Å². The first kappa shape index (κ1) is 11.5. The van der Waals surface area contributed by atoms with Gasteiger partial charge in [0, 0.05) is 12.6 Å². The van der Waals surface area contributed by atoms with Crippen LogP contribution in [0.25, 0.3) is 0 Å². The van der Waals surface area contributed by atoms with Crippen molar-refractivity contribution in [2.75, 3.05) is 6.54 Å². The summed E-state index contributed by atoms with van der Waals surface area (Å²) in [5, 5.41) is 12.4. The van der Waals surface area contributed by atoms with E-state index in [0.717, 1.165) is 32.1 Å². The van der Waals surface area contributed by atoms with E-state index in [-0.39, 0.29) is 0 Å². The minimum Gasteiger partial charge on any atom is -0.481 e. The molecule has 0 amide bonds. The highest BCUT2D eigenvalue weighted by Crippen LogP contribution is 2.40. The average Bonchev–Trinajstić information content (AvgIpc) is 2.02. The van der Waals surface area contributed by atoms with Gasteiger partial charge in [0.2, 0.25) is 0 Å². The largest absolute Gasteiger partial charge is 0.481 e. The van der Waals surface area contributed by atoms with Gasteiger partial charge in [-0.2, -0.15) is 0 Å². The summed E-state index contributed by atoms with van der Waals surface area (Å²) < 4.78 is 0. The molecule has 1 aliphatic rings. The number of rotatable bonds is 6. The predicted molar refractivity (Wildman–Crippen MR) is 56.3 cm³/mol. The van der Waals surface area contributed by atoms with E-state index in [9.17, 15) is 4.79 Å². The molecule has 0 radical (unpaired) electrons. The van der Waals surface area contributed by atoms with E-state index in [4.69, 9.17) is 5.11 Å². The fraction of sp³-hybridized carbons (Fsp3) is 0.909. The van der Waals surface area contributed by atoms with E-state index in [1.54, 1.807) is 0 Å². The molecule has 1 rings (SSSR count). The summed E-state index contributed by atoms with van der Waals surface area (Å²) in [5.41, 5.74) is -0.442. The Morgan fingerprint density at radius 3 is 2.57 bits per heavy atom. The Morgan fingerprint density at radius 1 is 1.57 bits per heavy atom. The van der Waals surface area contributed by atoms with Crippen molar-refractivity contribution in [2.24, 2.45) is 5.41 Å². The minimum absolute atomic E-state index is 0.442. The van der Waals surface area contributed by atoms with Crippen LogP contribution in [0.5, 0.6) is 0 Å². The Bertz CT molecular complexity index is 199. The fourth-order valence-corrected chi connectivity index (χ4v) is 1.97. The molecule has 3 nitrogen and oxygen atoms in total. The molecule has 0 aliphatic heterocycles. The molecule has 0 aromatic carbocycles. The molecule has 14 heavy (non-hydrogen) atoms. The molecule has 1 saturated carbocycles. The van der Waals surface area contributed by atoms with E-state index >= 15 is 0 Å². The molecule has 0 heterocycles. The molecule has 3 heteroatoms. The Hall–Kier alpha value is -0.570. The lowest BCUT2D eigenvalue weighted by molar-refractivity contribution is -0.154. The number of hydrogen-bond donors (Lipinski definition) is 2. The quantitative estimate of drug-likeness (QED) is 0.688. The van der Waals surface area contributed by atoms with Gasteiger partial charge in [-0.25, -0.2) is 0 Å². The van der Waals surface area contributed by atoms with E-state index < -0.39 is 11.4 Å². The highest BCUT2D eigenvalue weighted by atomic mass is 16.4. The first-order valence-corrected chi connectivity index (χ1v) is 5.57. The highest BCUT2D eigenvalue weighted by Gasteiger charge is 2.44. The van der Waals surface area contributed by atoms with E-state index in [1.165, 1.54) is 0 Å². The lowest BCUT2D eigenvalue weighted by Gasteiger charge is -2.38. The van der Waals surface area contributed by atoms with Gasteiger partial charge >= 0.3 is 5.97 Å². The van der Waals surface area contributed by atoms with Crippen LogP contribution < -0.4 is 5.32 Å². The van der Waals surface area contributed by atoms with Crippen LogP contribution >= 0.6 is 0 Å². The molecule has 82 valence electrons. The number of aliphatic carboxylic acids is 1. The second-order valence-corrected chi connectivity index (χ2v) is 4.51. The summed E-state index contributed by atoms with van der Waals surface area (Å²) in [4.78, 5) is 11.0. The van der Waals surface area contributed by atoms with Crippen molar-refractivity contribution in [3.05, 3.63) is 0 Å². The van der Waals surface area contributed by atoms with Crippen LogP contribution in [0.15, 0.2) is 0 Å². The first-order valence-electron chi connectivity index (χ1n) is 5.57. The van der Waals surface area contributed by atoms with Crippen molar-refractivity contribution in [2.45, 2.75) is 52.0 Å². The van der Waals surface area contributed by atoms with Crippen LogP contribution in [0.1, 0.15) is 46.0 Å². The molecule has 0 saturated heterocycles. The zero-order valence-electron chi connectivity index (χ0n) is 9.18. The number of carbonyl (C=O) groups is 1. The predicted octanol–water partition coefficient (Wildman–Crippen LogP) is 2.02. The molecule has 0 spiro atoms. The fourth-order valence-electron chi connectivity index (χ4n) is 1.97. The van der Waals surface area contributed by atoms with Gasteiger partial charge in [-0.1, -0.05) is 19.8 Å². The van der Waals surface area contributed by atoms with Crippen molar-refractivity contribution in [3.8, 4) is 0 Å². The zero-order chi connectivity index (χ0) is 10.6. The van der Waals surface area contributed by atoms with Crippen LogP contribution in [-0.4, -0.2) is 23.7 Å². The molecular weight excluding hydrogens is 178 g/mol. The maximum Gasteiger partial charge on any atom is 0.310 e. The minimum atomic E-state index is -0.625. The topological polar surface area (TPSA) is 49.3 Å². The zero-order valence-corrected chi connectivity index (χ0v) is 9.18. The molecule has 0 aromatic heterocycles. The Balaban J connectivity index is 2.31. The van der Waals surface area contributed by atoms with Crippen molar-refractivity contribution in [3.63, 3.8) is 0 Å². The summed E-state index contributed by atoms with van der Waals surface area (Å²) in [7, 11) is 0. The second kappa shape index (κ2) is 4.78. The van der Waals surface area contributed by atoms with Gasteiger partial charge in [0.15, 0.2) is 0 Å². The highest BCUT2D eigenvalue weighted by molar-refractivity contribution is 5.76. The molecule has 1 fully saturated rings. The van der Waals surface area contributed by atoms with Gasteiger partial charge in [-0.05, 0) is 26.2 Å². The Labute approximate surface area is 85.9 Å². The van der Waals surface area contributed by atoms with Crippen LogP contribution in [0, 0.1) is 5.41 Å². The number of carboxylic acid groups (broad SMARTS) is 1. The van der Waals surface area contributed by atoms with Gasteiger partial charge < -0.3 is 10.4 Å². The normalized spacial score (nSPS) is 21.3. The Kier molecular flexibility index (Phi) is 3.93. The summed E-state index contributed by atoms with van der Waals surface area (Å²) >= 11 is 0. The van der Waals surface area contributed by atoms with E-state index in [0.29, 0.717) is 12.6 Å². The maximum atomic E-state index is 11.0. The second-order valence-electron chi connectivity index (χ2n) is 4.51. The third-order valence-corrected chi connectivity index (χ3v) is 3.27. The average molecular weight is 199 g/mol. The number of carboxylic acids is 1. The molecule has 0 bridgehead atoms. The summed E-state index contributed by atoms with van der Waals surface area (Å²) in [5.74, 6) is -0.625. The Morgan fingerprint density at radius 2 is 2.21 bits per heavy atom. The van der Waals surface area contributed by atoms with Crippen molar-refractivity contribution in [1.82, 2.24) is 5.32 Å². The summed E-state index contributed by atoms with van der Waals surface area (Å²) in [6.45, 7) is 4.91. The van der Waals surface area contributed by atoms with Crippen molar-refractivity contribution in [1.29, 1.82) is 0 Å². The van der Waals surface area contributed by atoms with Gasteiger partial charge in [-0.15, -0.1) is 0 Å². The molecule has 1 aliphatic carbocycles. The van der Waals surface area contributed by atoms with Crippen molar-refractivity contribution >= 4 is 5.97 Å². The molecular formula is C11H21NO2. The van der Waals surface area contributed by atoms with Gasteiger partial charge in [-0.3, -0.25) is 4.79 Å². The van der Waals surface area contributed by atoms with Crippen molar-refractivity contribution < 1.29 is 9.90 Å². The van der Waals surface area contributed by atoms with E-state index in [1.807, 2.05) is 0 Å². The van der Waals surface area contributed by atoms with Crippen LogP contribution in [0.2, 0.25) is 0 Å². The lowest BCUT2D eigenvalue weighted by atomic mass is 9.68. The van der Waals surface area contributed by atoms with Gasteiger partial charge in [0.25, 0.3) is 0 Å². The summed E-state index contributed by atoms with van der Waals surface area (Å²) in [6.07, 6.45) is 5.02. The van der Waals surface area contributed by atoms with Gasteiger partial charge in [0.05, 0.1) is 5.41 Å². The standard InChI is InChI=1S/C11H21NO2/c1-3-5-9(2)12-8-11(10(13)14)6-4-7-11/h9,12H,3-8H2,1-2H3,(H,13,14). The maximum absolute atomic E-state index is 11.0. The monoisotopic (exact) mass is 199 g/mol. The molecule has 1 atom stereocenters. The third kappa shape index (κ3) is 2.47. The SMILES string of the molecule is CCCC(C)NCC1(C(=O)O)CCC1. The third-order valence-electron chi connectivity index (χ3n) is 3.27. The lowest BCUT2D eigenvalue weighted by Crippen LogP contribution is -2.48. The number of hydrogen-bond acceptors (Lipinski definition) is 2. The van der Waals surface area contributed by atoms with Crippen LogP contribution in [0.4, 0.5) is 0 Å². The molecule has 0 aromatic rings. The van der Waals surface area contributed by atoms with Crippen LogP contribution in [0.3, 0.4) is 0 Å². The van der Waals surface area contributed by atoms with E-state index in [2.05, 4.69) is 19.2 Å².